The topological polar surface area (TPSA) is 77.2 Å². The Hall–Kier alpha value is -1.95. The monoisotopic (exact) mass is 235 g/mol. The van der Waals surface area contributed by atoms with Crippen LogP contribution in [0.5, 0.6) is 0 Å². The molecule has 0 amide bonds. The van der Waals surface area contributed by atoms with Crippen molar-refractivity contribution < 1.29 is 14.6 Å². The highest BCUT2D eigenvalue weighted by molar-refractivity contribution is 6.00. The lowest BCUT2D eigenvalue weighted by Crippen LogP contribution is -2.07. The van der Waals surface area contributed by atoms with Gasteiger partial charge in [-0.15, -0.1) is 5.10 Å². The molecule has 0 saturated heterocycles. The SMILES string of the molecule is CCOCCn1nnc2c(C(=O)O)cccc21. The van der Waals surface area contributed by atoms with Gasteiger partial charge in [0, 0.05) is 6.61 Å². The standard InChI is InChI=1S/C11H13N3O3/c1-2-17-7-6-14-9-5-3-4-8(11(15)16)10(9)12-13-14/h3-5H,2,6-7H2,1H3,(H,15,16). The van der Waals surface area contributed by atoms with Gasteiger partial charge in [0.25, 0.3) is 0 Å². The lowest BCUT2D eigenvalue weighted by molar-refractivity contribution is 0.0699. The second-order valence-corrected chi connectivity index (χ2v) is 3.49. The zero-order valence-electron chi connectivity index (χ0n) is 9.46. The van der Waals surface area contributed by atoms with Crippen LogP contribution >= 0.6 is 0 Å². The fraction of sp³-hybridized carbons (Fsp3) is 0.364. The minimum atomic E-state index is -0.993. The van der Waals surface area contributed by atoms with Crippen LogP contribution < -0.4 is 0 Å². The van der Waals surface area contributed by atoms with E-state index in [4.69, 9.17) is 9.84 Å². The van der Waals surface area contributed by atoms with Gasteiger partial charge in [0.1, 0.15) is 5.52 Å². The van der Waals surface area contributed by atoms with Gasteiger partial charge in [-0.25, -0.2) is 9.48 Å². The van der Waals surface area contributed by atoms with E-state index in [2.05, 4.69) is 10.3 Å². The van der Waals surface area contributed by atoms with Crippen molar-refractivity contribution in [2.24, 2.45) is 0 Å². The van der Waals surface area contributed by atoms with Gasteiger partial charge in [0.15, 0.2) is 0 Å². The molecule has 1 heterocycles. The summed E-state index contributed by atoms with van der Waals surface area (Å²) in [5.41, 5.74) is 1.30. The van der Waals surface area contributed by atoms with Gasteiger partial charge in [0.05, 0.1) is 24.2 Å². The fourth-order valence-corrected chi connectivity index (χ4v) is 1.62. The molecule has 2 rings (SSSR count). The number of ether oxygens (including phenoxy) is 1. The number of aromatic carboxylic acids is 1. The molecule has 17 heavy (non-hydrogen) atoms. The van der Waals surface area contributed by atoms with Crippen molar-refractivity contribution in [3.8, 4) is 0 Å². The lowest BCUT2D eigenvalue weighted by Gasteiger charge is -2.02. The summed E-state index contributed by atoms with van der Waals surface area (Å²) in [5, 5.41) is 16.8. The molecule has 0 unspecified atom stereocenters. The Kier molecular flexibility index (Phi) is 3.34. The Bertz CT molecular complexity index is 536. The zero-order chi connectivity index (χ0) is 12.3. The first-order valence-corrected chi connectivity index (χ1v) is 5.37. The number of hydrogen-bond donors (Lipinski definition) is 1. The van der Waals surface area contributed by atoms with Crippen LogP contribution in [0, 0.1) is 0 Å². The molecule has 0 saturated carbocycles. The molecule has 0 radical (unpaired) electrons. The number of carboxylic acids is 1. The summed E-state index contributed by atoms with van der Waals surface area (Å²) < 4.78 is 6.88. The molecular formula is C11H13N3O3. The number of fused-ring (bicyclic) bond motifs is 1. The van der Waals surface area contributed by atoms with Crippen molar-refractivity contribution in [1.82, 2.24) is 15.0 Å². The third-order valence-corrected chi connectivity index (χ3v) is 2.43. The summed E-state index contributed by atoms with van der Waals surface area (Å²) in [7, 11) is 0. The van der Waals surface area contributed by atoms with E-state index in [1.807, 2.05) is 6.92 Å². The van der Waals surface area contributed by atoms with Gasteiger partial charge in [-0.05, 0) is 19.1 Å². The number of nitrogens with zero attached hydrogens (tertiary/aromatic N) is 3. The predicted octanol–water partition coefficient (Wildman–Crippen LogP) is 1.17. The summed E-state index contributed by atoms with van der Waals surface area (Å²) in [5.74, 6) is -0.993. The molecule has 0 bridgehead atoms. The van der Waals surface area contributed by atoms with Crippen molar-refractivity contribution in [1.29, 1.82) is 0 Å². The van der Waals surface area contributed by atoms with Crippen LogP contribution in [0.15, 0.2) is 18.2 Å². The Morgan fingerprint density at radius 3 is 3.06 bits per heavy atom. The summed E-state index contributed by atoms with van der Waals surface area (Å²) >= 11 is 0. The van der Waals surface area contributed by atoms with Crippen molar-refractivity contribution in [2.45, 2.75) is 13.5 Å². The Morgan fingerprint density at radius 1 is 1.53 bits per heavy atom. The van der Waals surface area contributed by atoms with E-state index in [9.17, 15) is 4.79 Å². The van der Waals surface area contributed by atoms with Gasteiger partial charge >= 0.3 is 5.97 Å². The van der Waals surface area contributed by atoms with Crippen LogP contribution in [-0.4, -0.2) is 39.3 Å². The minimum Gasteiger partial charge on any atom is -0.478 e. The van der Waals surface area contributed by atoms with Crippen LogP contribution in [0.2, 0.25) is 0 Å². The van der Waals surface area contributed by atoms with Crippen molar-refractivity contribution in [2.75, 3.05) is 13.2 Å². The number of carbonyl (C=O) groups is 1. The molecule has 1 aromatic carbocycles. The summed E-state index contributed by atoms with van der Waals surface area (Å²) in [6.45, 7) is 3.66. The molecule has 1 aromatic heterocycles. The normalized spacial score (nSPS) is 10.9. The van der Waals surface area contributed by atoms with Gasteiger partial charge < -0.3 is 9.84 Å². The van der Waals surface area contributed by atoms with E-state index in [0.717, 1.165) is 0 Å². The average Bonchev–Trinajstić information content (AvgIpc) is 2.72. The van der Waals surface area contributed by atoms with E-state index in [-0.39, 0.29) is 5.56 Å². The molecule has 0 atom stereocenters. The largest absolute Gasteiger partial charge is 0.478 e. The van der Waals surface area contributed by atoms with Crippen molar-refractivity contribution in [3.05, 3.63) is 23.8 Å². The fourth-order valence-electron chi connectivity index (χ4n) is 1.62. The van der Waals surface area contributed by atoms with Crippen LogP contribution in [0.4, 0.5) is 0 Å². The minimum absolute atomic E-state index is 0.171. The average molecular weight is 235 g/mol. The Labute approximate surface area is 97.8 Å². The molecule has 0 aliphatic rings. The maximum absolute atomic E-state index is 11.0. The smallest absolute Gasteiger partial charge is 0.338 e. The van der Waals surface area contributed by atoms with Crippen LogP contribution in [-0.2, 0) is 11.3 Å². The highest BCUT2D eigenvalue weighted by Crippen LogP contribution is 2.15. The van der Waals surface area contributed by atoms with Gasteiger partial charge in [-0.3, -0.25) is 0 Å². The molecule has 6 nitrogen and oxygen atoms in total. The molecule has 0 aliphatic heterocycles. The molecule has 0 fully saturated rings. The molecule has 90 valence electrons. The molecule has 0 spiro atoms. The van der Waals surface area contributed by atoms with Gasteiger partial charge in [0.2, 0.25) is 0 Å². The van der Waals surface area contributed by atoms with Gasteiger partial charge in [-0.2, -0.15) is 0 Å². The molecule has 0 aliphatic carbocycles. The van der Waals surface area contributed by atoms with E-state index in [1.54, 1.807) is 16.8 Å². The van der Waals surface area contributed by atoms with Crippen LogP contribution in [0.3, 0.4) is 0 Å². The Morgan fingerprint density at radius 2 is 2.35 bits per heavy atom. The second-order valence-electron chi connectivity index (χ2n) is 3.49. The predicted molar refractivity (Wildman–Crippen MR) is 61.0 cm³/mol. The number of hydrogen-bond acceptors (Lipinski definition) is 4. The number of carboxylic acid groups (broad SMARTS) is 1. The van der Waals surface area contributed by atoms with Crippen LogP contribution in [0.25, 0.3) is 11.0 Å². The van der Waals surface area contributed by atoms with E-state index >= 15 is 0 Å². The van der Waals surface area contributed by atoms with Crippen LogP contribution in [0.1, 0.15) is 17.3 Å². The quantitative estimate of drug-likeness (QED) is 0.787. The molecular weight excluding hydrogens is 222 g/mol. The highest BCUT2D eigenvalue weighted by Gasteiger charge is 2.13. The summed E-state index contributed by atoms with van der Waals surface area (Å²) in [4.78, 5) is 11.0. The van der Waals surface area contributed by atoms with Crippen molar-refractivity contribution in [3.63, 3.8) is 0 Å². The molecule has 1 N–H and O–H groups in total. The molecule has 6 heteroatoms. The highest BCUT2D eigenvalue weighted by atomic mass is 16.5. The second kappa shape index (κ2) is 4.92. The Balaban J connectivity index is 2.34. The van der Waals surface area contributed by atoms with E-state index in [0.29, 0.717) is 30.8 Å². The third kappa shape index (κ3) is 2.26. The van der Waals surface area contributed by atoms with Crippen molar-refractivity contribution >= 4 is 17.0 Å². The lowest BCUT2D eigenvalue weighted by atomic mass is 10.2. The van der Waals surface area contributed by atoms with E-state index in [1.165, 1.54) is 6.07 Å². The first-order valence-electron chi connectivity index (χ1n) is 5.37. The number of rotatable bonds is 5. The number of aromatic nitrogens is 3. The first-order chi connectivity index (χ1) is 8.24. The van der Waals surface area contributed by atoms with Gasteiger partial charge in [-0.1, -0.05) is 11.3 Å². The first kappa shape index (κ1) is 11.5. The third-order valence-electron chi connectivity index (χ3n) is 2.43. The molecule has 2 aromatic rings. The summed E-state index contributed by atoms with van der Waals surface area (Å²) in [6, 6.07) is 5.01. The number of benzene rings is 1. The van der Waals surface area contributed by atoms with E-state index < -0.39 is 5.97 Å². The maximum Gasteiger partial charge on any atom is 0.338 e. The zero-order valence-corrected chi connectivity index (χ0v) is 9.46. The summed E-state index contributed by atoms with van der Waals surface area (Å²) in [6.07, 6.45) is 0. The maximum atomic E-state index is 11.0.